The van der Waals surface area contributed by atoms with E-state index in [0.29, 0.717) is 5.56 Å². The van der Waals surface area contributed by atoms with E-state index >= 15 is 0 Å². The molecule has 0 aliphatic rings. The fourth-order valence-electron chi connectivity index (χ4n) is 3.58. The van der Waals surface area contributed by atoms with Crippen LogP contribution in [0.2, 0.25) is 0 Å². The molecule has 0 aliphatic heterocycles. The van der Waals surface area contributed by atoms with Crippen molar-refractivity contribution in [2.24, 2.45) is 5.92 Å². The van der Waals surface area contributed by atoms with Gasteiger partial charge in [0.1, 0.15) is 17.2 Å². The van der Waals surface area contributed by atoms with Crippen LogP contribution < -0.4 is 14.2 Å². The Morgan fingerprint density at radius 2 is 1.24 bits per heavy atom. The van der Waals surface area contributed by atoms with Crippen LogP contribution in [-0.2, 0) is 27.0 Å². The van der Waals surface area contributed by atoms with Gasteiger partial charge >= 0.3 is 18.3 Å². The Morgan fingerprint density at radius 3 is 1.63 bits per heavy atom. The van der Waals surface area contributed by atoms with Gasteiger partial charge in [-0.25, -0.2) is 13.2 Å². The van der Waals surface area contributed by atoms with Gasteiger partial charge in [-0.1, -0.05) is 0 Å². The number of alkyl halides is 6. The Hall–Kier alpha value is -3.94. The van der Waals surface area contributed by atoms with Crippen LogP contribution in [0.1, 0.15) is 16.7 Å². The van der Waals surface area contributed by atoms with Gasteiger partial charge in [0, 0.05) is 5.92 Å². The van der Waals surface area contributed by atoms with Crippen molar-refractivity contribution in [3.05, 3.63) is 83.4 Å². The summed E-state index contributed by atoms with van der Waals surface area (Å²) in [6.07, 6.45) is -9.12. The van der Waals surface area contributed by atoms with Crippen molar-refractivity contribution in [2.75, 3.05) is 25.6 Å². The maximum Gasteiger partial charge on any atom is 0.416 e. The molecule has 0 radical (unpaired) electrons. The SMILES string of the molecule is Cc1cc(S(=O)(=O)CC(COc2ccc(C(F)(F)F)cc2)COc2ccc(C(F)(F)F)cc2)ccc1OCC(=O)O. The van der Waals surface area contributed by atoms with Gasteiger partial charge in [-0.05, 0) is 79.2 Å². The highest BCUT2D eigenvalue weighted by Crippen LogP contribution is 2.32. The normalized spacial score (nSPS) is 12.3. The van der Waals surface area contributed by atoms with Crippen molar-refractivity contribution in [1.82, 2.24) is 0 Å². The summed E-state index contributed by atoms with van der Waals surface area (Å²) in [6, 6.07) is 11.3. The molecule has 0 aliphatic carbocycles. The van der Waals surface area contributed by atoms with E-state index in [1.54, 1.807) is 0 Å². The summed E-state index contributed by atoms with van der Waals surface area (Å²) in [5, 5.41) is 8.77. The summed E-state index contributed by atoms with van der Waals surface area (Å²) in [5.41, 5.74) is -1.45. The second-order valence-electron chi connectivity index (χ2n) is 8.92. The zero-order valence-corrected chi connectivity index (χ0v) is 22.1. The zero-order chi connectivity index (χ0) is 30.4. The van der Waals surface area contributed by atoms with Crippen LogP contribution in [-0.4, -0.2) is 45.1 Å². The highest BCUT2D eigenvalue weighted by atomic mass is 32.2. The first-order valence-corrected chi connectivity index (χ1v) is 13.5. The van der Waals surface area contributed by atoms with Crippen molar-refractivity contribution >= 4 is 15.8 Å². The van der Waals surface area contributed by atoms with Crippen LogP contribution in [0.25, 0.3) is 0 Å². The molecule has 0 heterocycles. The van der Waals surface area contributed by atoms with Crippen LogP contribution in [0.4, 0.5) is 26.3 Å². The largest absolute Gasteiger partial charge is 0.493 e. The lowest BCUT2D eigenvalue weighted by molar-refractivity contribution is -0.139. The molecule has 3 rings (SSSR count). The second-order valence-corrected chi connectivity index (χ2v) is 11.0. The highest BCUT2D eigenvalue weighted by Gasteiger charge is 2.31. The Bertz CT molecular complexity index is 1370. The van der Waals surface area contributed by atoms with Gasteiger partial charge < -0.3 is 19.3 Å². The van der Waals surface area contributed by atoms with Gasteiger partial charge in [-0.15, -0.1) is 0 Å². The van der Waals surface area contributed by atoms with Crippen molar-refractivity contribution in [2.45, 2.75) is 24.2 Å². The minimum atomic E-state index is -4.56. The molecular formula is C27H24F6O7S. The van der Waals surface area contributed by atoms with Gasteiger partial charge in [0.05, 0.1) is 35.0 Å². The standard InChI is InChI=1S/C27H24F6O7S/c1-17-12-23(10-11-24(17)40-15-25(34)35)41(36,37)16-18(13-38-21-6-2-19(3-7-21)26(28,29)30)14-39-22-8-4-20(5-9-22)27(31,32)33/h2-12,18H,13-16H2,1H3,(H,34,35). The Labute approximate surface area is 231 Å². The molecule has 7 nitrogen and oxygen atoms in total. The number of ether oxygens (including phenoxy) is 3. The van der Waals surface area contributed by atoms with E-state index in [1.807, 2.05) is 0 Å². The van der Waals surface area contributed by atoms with Crippen LogP contribution in [0.3, 0.4) is 0 Å². The molecule has 3 aromatic rings. The minimum Gasteiger partial charge on any atom is -0.493 e. The molecule has 0 saturated carbocycles. The van der Waals surface area contributed by atoms with E-state index in [2.05, 4.69) is 0 Å². The summed E-state index contributed by atoms with van der Waals surface area (Å²) >= 11 is 0. The molecule has 0 bridgehead atoms. The summed E-state index contributed by atoms with van der Waals surface area (Å²) in [7, 11) is -4.02. The summed E-state index contributed by atoms with van der Waals surface area (Å²) < 4.78 is 120. The van der Waals surface area contributed by atoms with E-state index < -0.39 is 57.6 Å². The number of carboxylic acids is 1. The van der Waals surface area contributed by atoms with Crippen LogP contribution in [0.5, 0.6) is 17.2 Å². The molecule has 0 aromatic heterocycles. The molecule has 222 valence electrons. The maximum absolute atomic E-state index is 13.2. The van der Waals surface area contributed by atoms with Crippen LogP contribution in [0, 0.1) is 12.8 Å². The predicted molar refractivity (Wildman–Crippen MR) is 134 cm³/mol. The number of hydrogen-bond donors (Lipinski definition) is 1. The van der Waals surface area contributed by atoms with E-state index in [1.165, 1.54) is 25.1 Å². The van der Waals surface area contributed by atoms with E-state index in [-0.39, 0.29) is 35.4 Å². The smallest absolute Gasteiger partial charge is 0.416 e. The van der Waals surface area contributed by atoms with E-state index in [9.17, 15) is 39.6 Å². The quantitative estimate of drug-likeness (QED) is 0.251. The number of carbonyl (C=O) groups is 1. The van der Waals surface area contributed by atoms with E-state index in [0.717, 1.165) is 48.5 Å². The number of hydrogen-bond acceptors (Lipinski definition) is 6. The molecule has 0 atom stereocenters. The fourth-order valence-corrected chi connectivity index (χ4v) is 5.21. The van der Waals surface area contributed by atoms with Crippen LogP contribution >= 0.6 is 0 Å². The molecule has 1 N–H and O–H groups in total. The van der Waals surface area contributed by atoms with Crippen molar-refractivity contribution in [1.29, 1.82) is 0 Å². The molecule has 0 saturated heterocycles. The molecule has 0 amide bonds. The molecular weight excluding hydrogens is 582 g/mol. The number of aryl methyl sites for hydroxylation is 1. The van der Waals surface area contributed by atoms with Gasteiger partial charge in [0.2, 0.25) is 0 Å². The van der Waals surface area contributed by atoms with Crippen molar-refractivity contribution < 1.29 is 58.9 Å². The average molecular weight is 607 g/mol. The summed E-state index contributed by atoms with van der Waals surface area (Å²) in [6.45, 7) is 0.265. The maximum atomic E-state index is 13.2. The molecule has 3 aromatic carbocycles. The molecule has 0 spiro atoms. The molecule has 0 fully saturated rings. The third-order valence-corrected chi connectivity index (χ3v) is 7.53. The van der Waals surface area contributed by atoms with Crippen molar-refractivity contribution in [3.63, 3.8) is 0 Å². The first-order chi connectivity index (χ1) is 19.0. The Kier molecular flexibility index (Phi) is 9.79. The van der Waals surface area contributed by atoms with Gasteiger partial charge in [0.15, 0.2) is 16.4 Å². The first-order valence-electron chi connectivity index (χ1n) is 11.8. The summed E-state index contributed by atoms with van der Waals surface area (Å²) in [5.74, 6) is -2.45. The van der Waals surface area contributed by atoms with Crippen LogP contribution in [0.15, 0.2) is 71.6 Å². The van der Waals surface area contributed by atoms with Gasteiger partial charge in [-0.2, -0.15) is 26.3 Å². The number of benzene rings is 3. The number of sulfone groups is 1. The molecule has 0 unspecified atom stereocenters. The third-order valence-electron chi connectivity index (χ3n) is 5.65. The predicted octanol–water partition coefficient (Wildman–Crippen LogP) is 6.04. The van der Waals surface area contributed by atoms with Gasteiger partial charge in [0.25, 0.3) is 0 Å². The lowest BCUT2D eigenvalue weighted by Gasteiger charge is -2.19. The monoisotopic (exact) mass is 606 g/mol. The number of carboxylic acid groups (broad SMARTS) is 1. The Balaban J connectivity index is 1.77. The van der Waals surface area contributed by atoms with Gasteiger partial charge in [-0.3, -0.25) is 0 Å². The lowest BCUT2D eigenvalue weighted by atomic mass is 10.2. The Morgan fingerprint density at radius 1 is 0.780 bits per heavy atom. The molecule has 41 heavy (non-hydrogen) atoms. The second kappa shape index (κ2) is 12.7. The minimum absolute atomic E-state index is 0.0331. The fraction of sp³-hybridized carbons (Fsp3) is 0.296. The van der Waals surface area contributed by atoms with E-state index in [4.69, 9.17) is 19.3 Å². The lowest BCUT2D eigenvalue weighted by Crippen LogP contribution is -2.28. The highest BCUT2D eigenvalue weighted by molar-refractivity contribution is 7.91. The zero-order valence-electron chi connectivity index (χ0n) is 21.3. The number of halogens is 6. The average Bonchev–Trinajstić information content (AvgIpc) is 2.88. The summed E-state index contributed by atoms with van der Waals surface area (Å²) in [4.78, 5) is 10.6. The first kappa shape index (κ1) is 31.6. The van der Waals surface area contributed by atoms with Crippen molar-refractivity contribution in [3.8, 4) is 17.2 Å². The topological polar surface area (TPSA) is 99.1 Å². The number of rotatable bonds is 12. The number of aliphatic carboxylic acids is 1. The molecule has 14 heteroatoms. The third kappa shape index (κ3) is 9.30.